The molecular weight excluding hydrogens is 297 g/mol. The molecule has 3 nitrogen and oxygen atoms in total. The SMILES string of the molecule is NCC(=O)c1ccc(OCc2ccc(Cl)c(Cl)c2)cc1. The lowest BCUT2D eigenvalue weighted by atomic mass is 10.1. The van der Waals surface area contributed by atoms with Crippen molar-refractivity contribution in [2.75, 3.05) is 6.54 Å². The van der Waals surface area contributed by atoms with Crippen LogP contribution in [0, 0.1) is 0 Å². The van der Waals surface area contributed by atoms with Gasteiger partial charge < -0.3 is 10.5 Å². The number of hydrogen-bond acceptors (Lipinski definition) is 3. The third kappa shape index (κ3) is 3.73. The van der Waals surface area contributed by atoms with Crippen molar-refractivity contribution in [1.82, 2.24) is 0 Å². The predicted octanol–water partition coefficient (Wildman–Crippen LogP) is 3.71. The lowest BCUT2D eigenvalue weighted by Crippen LogP contribution is -2.13. The van der Waals surface area contributed by atoms with Crippen molar-refractivity contribution in [3.63, 3.8) is 0 Å². The van der Waals surface area contributed by atoms with E-state index in [4.69, 9.17) is 33.7 Å². The van der Waals surface area contributed by atoms with E-state index in [0.29, 0.717) is 28.0 Å². The summed E-state index contributed by atoms with van der Waals surface area (Å²) in [5.74, 6) is 0.575. The van der Waals surface area contributed by atoms with E-state index in [1.54, 1.807) is 36.4 Å². The molecular formula is C15H13Cl2NO2. The molecule has 0 aliphatic carbocycles. The number of nitrogens with two attached hydrogens (primary N) is 1. The number of carbonyl (C=O) groups excluding carboxylic acids is 1. The van der Waals surface area contributed by atoms with Gasteiger partial charge in [-0.05, 0) is 42.0 Å². The van der Waals surface area contributed by atoms with Gasteiger partial charge in [0, 0.05) is 5.56 Å². The van der Waals surface area contributed by atoms with Crippen molar-refractivity contribution in [2.24, 2.45) is 5.73 Å². The minimum atomic E-state index is -0.0963. The van der Waals surface area contributed by atoms with Crippen LogP contribution < -0.4 is 10.5 Å². The van der Waals surface area contributed by atoms with E-state index in [1.165, 1.54) is 0 Å². The fraction of sp³-hybridized carbons (Fsp3) is 0.133. The van der Waals surface area contributed by atoms with E-state index >= 15 is 0 Å². The summed E-state index contributed by atoms with van der Waals surface area (Å²) in [5, 5.41) is 1.01. The highest BCUT2D eigenvalue weighted by molar-refractivity contribution is 6.42. The molecule has 0 saturated carbocycles. The Balaban J connectivity index is 2.00. The van der Waals surface area contributed by atoms with Crippen molar-refractivity contribution >= 4 is 29.0 Å². The highest BCUT2D eigenvalue weighted by Gasteiger charge is 2.04. The summed E-state index contributed by atoms with van der Waals surface area (Å²) in [6.45, 7) is 0.380. The molecule has 0 fully saturated rings. The van der Waals surface area contributed by atoms with Gasteiger partial charge in [-0.25, -0.2) is 0 Å². The Bertz CT molecular complexity index is 612. The van der Waals surface area contributed by atoms with Crippen LogP contribution >= 0.6 is 23.2 Å². The third-order valence-corrected chi connectivity index (χ3v) is 3.49. The largest absolute Gasteiger partial charge is 0.489 e. The molecule has 2 rings (SSSR count). The Hall–Kier alpha value is -1.55. The van der Waals surface area contributed by atoms with Crippen LogP contribution in [0.1, 0.15) is 15.9 Å². The molecule has 0 aromatic heterocycles. The van der Waals surface area contributed by atoms with Gasteiger partial charge in [-0.3, -0.25) is 4.79 Å². The molecule has 0 aliphatic rings. The molecule has 2 aromatic rings. The van der Waals surface area contributed by atoms with E-state index in [9.17, 15) is 4.79 Å². The van der Waals surface area contributed by atoms with Crippen LogP contribution in [-0.4, -0.2) is 12.3 Å². The van der Waals surface area contributed by atoms with Crippen LogP contribution in [0.3, 0.4) is 0 Å². The molecule has 0 radical (unpaired) electrons. The predicted molar refractivity (Wildman–Crippen MR) is 80.6 cm³/mol. The van der Waals surface area contributed by atoms with Gasteiger partial charge in [0.05, 0.1) is 16.6 Å². The average molecular weight is 310 g/mol. The zero-order valence-electron chi connectivity index (χ0n) is 10.6. The Morgan fingerprint density at radius 1 is 1.05 bits per heavy atom. The van der Waals surface area contributed by atoms with Gasteiger partial charge in [-0.15, -0.1) is 0 Å². The van der Waals surface area contributed by atoms with Crippen molar-refractivity contribution in [2.45, 2.75) is 6.61 Å². The molecule has 0 aliphatic heterocycles. The fourth-order valence-corrected chi connectivity index (χ4v) is 1.97. The zero-order chi connectivity index (χ0) is 14.5. The highest BCUT2D eigenvalue weighted by Crippen LogP contribution is 2.23. The molecule has 0 unspecified atom stereocenters. The van der Waals surface area contributed by atoms with Gasteiger partial charge in [0.2, 0.25) is 0 Å². The van der Waals surface area contributed by atoms with E-state index in [0.717, 1.165) is 5.56 Å². The average Bonchev–Trinajstić information content (AvgIpc) is 2.48. The maximum Gasteiger partial charge on any atom is 0.176 e. The number of Topliss-reactive ketones (excluding diaryl/α,β-unsaturated/α-hetero) is 1. The molecule has 104 valence electrons. The Morgan fingerprint density at radius 3 is 2.35 bits per heavy atom. The van der Waals surface area contributed by atoms with Gasteiger partial charge in [-0.2, -0.15) is 0 Å². The van der Waals surface area contributed by atoms with Crippen LogP contribution in [-0.2, 0) is 6.61 Å². The van der Waals surface area contributed by atoms with Gasteiger partial charge in [0.1, 0.15) is 12.4 Å². The summed E-state index contributed by atoms with van der Waals surface area (Å²) in [6.07, 6.45) is 0. The van der Waals surface area contributed by atoms with Gasteiger partial charge in [-0.1, -0.05) is 29.3 Å². The number of carbonyl (C=O) groups is 1. The molecule has 5 heteroatoms. The van der Waals surface area contributed by atoms with E-state index < -0.39 is 0 Å². The fourth-order valence-electron chi connectivity index (χ4n) is 1.65. The number of ketones is 1. The van der Waals surface area contributed by atoms with Gasteiger partial charge >= 0.3 is 0 Å². The standard InChI is InChI=1S/C15H13Cl2NO2/c16-13-6-1-10(7-14(13)17)9-20-12-4-2-11(3-5-12)15(19)8-18/h1-7H,8-9,18H2. The maximum atomic E-state index is 11.4. The molecule has 0 saturated heterocycles. The summed E-state index contributed by atoms with van der Waals surface area (Å²) < 4.78 is 5.61. The van der Waals surface area contributed by atoms with Gasteiger partial charge in [0.15, 0.2) is 5.78 Å². The molecule has 0 bridgehead atoms. The third-order valence-electron chi connectivity index (χ3n) is 2.75. The monoisotopic (exact) mass is 309 g/mol. The van der Waals surface area contributed by atoms with Crippen molar-refractivity contribution in [3.8, 4) is 5.75 Å². The highest BCUT2D eigenvalue weighted by atomic mass is 35.5. The lowest BCUT2D eigenvalue weighted by molar-refractivity contribution is 0.100. The molecule has 20 heavy (non-hydrogen) atoms. The summed E-state index contributed by atoms with van der Waals surface area (Å²) >= 11 is 11.8. The Morgan fingerprint density at radius 2 is 1.75 bits per heavy atom. The number of benzene rings is 2. The Kier molecular flexibility index (Phi) is 5.01. The topological polar surface area (TPSA) is 52.3 Å². The molecule has 0 amide bonds. The first-order valence-electron chi connectivity index (χ1n) is 6.00. The first-order valence-corrected chi connectivity index (χ1v) is 6.76. The van der Waals surface area contributed by atoms with E-state index in [2.05, 4.69) is 0 Å². The number of rotatable bonds is 5. The minimum Gasteiger partial charge on any atom is -0.489 e. The molecule has 0 atom stereocenters. The smallest absolute Gasteiger partial charge is 0.176 e. The first-order chi connectivity index (χ1) is 9.60. The summed E-state index contributed by atoms with van der Waals surface area (Å²) in [7, 11) is 0. The summed E-state index contributed by atoms with van der Waals surface area (Å²) in [5.41, 5.74) is 6.80. The lowest BCUT2D eigenvalue weighted by Gasteiger charge is -2.07. The molecule has 0 spiro atoms. The molecule has 2 N–H and O–H groups in total. The van der Waals surface area contributed by atoms with Crippen LogP contribution in [0.2, 0.25) is 10.0 Å². The Labute approximate surface area is 127 Å². The van der Waals surface area contributed by atoms with Gasteiger partial charge in [0.25, 0.3) is 0 Å². The maximum absolute atomic E-state index is 11.4. The molecule has 2 aromatic carbocycles. The first kappa shape index (κ1) is 14.9. The number of halogens is 2. The normalized spacial score (nSPS) is 10.3. The van der Waals surface area contributed by atoms with Crippen LogP contribution in [0.5, 0.6) is 5.75 Å². The van der Waals surface area contributed by atoms with E-state index in [1.807, 2.05) is 6.07 Å². The van der Waals surface area contributed by atoms with Crippen LogP contribution in [0.15, 0.2) is 42.5 Å². The number of ether oxygens (including phenoxy) is 1. The van der Waals surface area contributed by atoms with E-state index in [-0.39, 0.29) is 12.3 Å². The molecule has 0 heterocycles. The quantitative estimate of drug-likeness (QED) is 0.857. The van der Waals surface area contributed by atoms with Crippen LogP contribution in [0.25, 0.3) is 0 Å². The zero-order valence-corrected chi connectivity index (χ0v) is 12.1. The summed E-state index contributed by atoms with van der Waals surface area (Å²) in [6, 6.07) is 12.2. The minimum absolute atomic E-state index is 0.00345. The summed E-state index contributed by atoms with van der Waals surface area (Å²) in [4.78, 5) is 11.4. The second-order valence-corrected chi connectivity index (χ2v) is 5.00. The van der Waals surface area contributed by atoms with Crippen molar-refractivity contribution in [3.05, 3.63) is 63.6 Å². The number of hydrogen-bond donors (Lipinski definition) is 1. The van der Waals surface area contributed by atoms with Crippen molar-refractivity contribution < 1.29 is 9.53 Å². The van der Waals surface area contributed by atoms with Crippen LogP contribution in [0.4, 0.5) is 0 Å². The second-order valence-electron chi connectivity index (χ2n) is 4.19. The second kappa shape index (κ2) is 6.75. The van der Waals surface area contributed by atoms with Crippen molar-refractivity contribution in [1.29, 1.82) is 0 Å².